The molecule has 3 nitrogen and oxygen atoms in total. The third kappa shape index (κ3) is 1.78. The smallest absolute Gasteiger partial charge is 0.407 e. The molecule has 0 aromatic carbocycles. The van der Waals surface area contributed by atoms with Crippen molar-refractivity contribution in [3.8, 4) is 0 Å². The molecule has 9 heavy (non-hydrogen) atoms. The quantitative estimate of drug-likeness (QED) is 0.548. The van der Waals surface area contributed by atoms with Crippen LogP contribution < -0.4 is 0 Å². The van der Waals surface area contributed by atoms with Crippen LogP contribution in [-0.4, -0.2) is 40.7 Å². The van der Waals surface area contributed by atoms with Crippen molar-refractivity contribution in [2.45, 2.75) is 0 Å². The molecule has 0 atom stereocenters. The number of carboxylic acid groups (broad SMARTS) is 1. The van der Waals surface area contributed by atoms with Crippen molar-refractivity contribution in [1.29, 1.82) is 0 Å². The van der Waals surface area contributed by atoms with Gasteiger partial charge >= 0.3 is 6.09 Å². The van der Waals surface area contributed by atoms with E-state index in [-0.39, 0.29) is 0 Å². The molecule has 0 aromatic heterocycles. The SMILES string of the molecule is O=C(O)N1CCSCC1. The molecule has 0 bridgehead atoms. The minimum Gasteiger partial charge on any atom is -0.465 e. The van der Waals surface area contributed by atoms with Gasteiger partial charge in [-0.1, -0.05) is 0 Å². The highest BCUT2D eigenvalue weighted by molar-refractivity contribution is 7.99. The number of carbonyl (C=O) groups is 1. The Labute approximate surface area is 58.0 Å². The van der Waals surface area contributed by atoms with Crippen molar-refractivity contribution in [3.63, 3.8) is 0 Å². The van der Waals surface area contributed by atoms with E-state index in [0.29, 0.717) is 13.1 Å². The third-order valence-corrected chi connectivity index (χ3v) is 2.22. The first-order valence-corrected chi connectivity index (χ1v) is 4.02. The molecule has 0 aliphatic carbocycles. The molecule has 0 spiro atoms. The Balaban J connectivity index is 2.31. The van der Waals surface area contributed by atoms with Crippen LogP contribution in [0.5, 0.6) is 0 Å². The number of nitrogens with zero attached hydrogens (tertiary/aromatic N) is 1. The second-order valence-electron chi connectivity index (χ2n) is 1.88. The lowest BCUT2D eigenvalue weighted by molar-refractivity contribution is 0.150. The summed E-state index contributed by atoms with van der Waals surface area (Å²) in [4.78, 5) is 11.7. The maximum absolute atomic E-state index is 10.3. The second-order valence-corrected chi connectivity index (χ2v) is 3.11. The van der Waals surface area contributed by atoms with Crippen LogP contribution in [0.2, 0.25) is 0 Å². The van der Waals surface area contributed by atoms with Gasteiger partial charge in [0.1, 0.15) is 0 Å². The van der Waals surface area contributed by atoms with Crippen LogP contribution in [0.3, 0.4) is 0 Å². The summed E-state index contributed by atoms with van der Waals surface area (Å²) < 4.78 is 0. The summed E-state index contributed by atoms with van der Waals surface area (Å²) in [5.74, 6) is 1.90. The van der Waals surface area contributed by atoms with Crippen LogP contribution in [0.4, 0.5) is 4.79 Å². The normalized spacial score (nSPS) is 19.8. The van der Waals surface area contributed by atoms with Crippen molar-refractivity contribution >= 4 is 17.9 Å². The zero-order chi connectivity index (χ0) is 6.69. The number of hydrogen-bond acceptors (Lipinski definition) is 2. The zero-order valence-corrected chi connectivity index (χ0v) is 5.86. The van der Waals surface area contributed by atoms with E-state index in [1.807, 2.05) is 11.8 Å². The molecule has 0 radical (unpaired) electrons. The number of amides is 1. The van der Waals surface area contributed by atoms with Crippen molar-refractivity contribution in [1.82, 2.24) is 4.90 Å². The van der Waals surface area contributed by atoms with E-state index in [4.69, 9.17) is 5.11 Å². The van der Waals surface area contributed by atoms with Crippen molar-refractivity contribution in [3.05, 3.63) is 0 Å². The van der Waals surface area contributed by atoms with Gasteiger partial charge in [-0.25, -0.2) is 4.79 Å². The molecule has 1 aliphatic rings. The van der Waals surface area contributed by atoms with Gasteiger partial charge in [0.25, 0.3) is 0 Å². The maximum Gasteiger partial charge on any atom is 0.407 e. The molecule has 1 aliphatic heterocycles. The average molecular weight is 147 g/mol. The molecule has 0 aromatic rings. The molecule has 1 N–H and O–H groups in total. The van der Waals surface area contributed by atoms with E-state index in [2.05, 4.69) is 0 Å². The first-order valence-electron chi connectivity index (χ1n) is 2.86. The average Bonchev–Trinajstić information content (AvgIpc) is 1.90. The number of hydrogen-bond donors (Lipinski definition) is 1. The first kappa shape index (κ1) is 6.74. The predicted octanol–water partition coefficient (Wildman–Crippen LogP) is 0.713. The van der Waals surface area contributed by atoms with Gasteiger partial charge in [0.2, 0.25) is 0 Å². The minimum atomic E-state index is -0.782. The van der Waals surface area contributed by atoms with Gasteiger partial charge in [0.05, 0.1) is 0 Å². The monoisotopic (exact) mass is 147 g/mol. The molecule has 1 amide bonds. The fourth-order valence-corrected chi connectivity index (χ4v) is 1.66. The lowest BCUT2D eigenvalue weighted by atomic mass is 10.5. The fraction of sp³-hybridized carbons (Fsp3) is 0.800. The Morgan fingerprint density at radius 3 is 2.33 bits per heavy atom. The van der Waals surface area contributed by atoms with E-state index in [1.54, 1.807) is 0 Å². The molecule has 1 fully saturated rings. The lowest BCUT2D eigenvalue weighted by Crippen LogP contribution is -2.36. The van der Waals surface area contributed by atoms with Gasteiger partial charge in [0.15, 0.2) is 0 Å². The van der Waals surface area contributed by atoms with Crippen LogP contribution in [-0.2, 0) is 0 Å². The van der Waals surface area contributed by atoms with Gasteiger partial charge in [-0.3, -0.25) is 0 Å². The Hall–Kier alpha value is -0.380. The molecular weight excluding hydrogens is 138 g/mol. The Morgan fingerprint density at radius 2 is 2.00 bits per heavy atom. The Morgan fingerprint density at radius 1 is 1.44 bits per heavy atom. The van der Waals surface area contributed by atoms with Crippen LogP contribution in [0.1, 0.15) is 0 Å². The van der Waals surface area contributed by atoms with Crippen LogP contribution >= 0.6 is 11.8 Å². The topological polar surface area (TPSA) is 40.5 Å². The highest BCUT2D eigenvalue weighted by Crippen LogP contribution is 2.08. The molecule has 1 saturated heterocycles. The Kier molecular flexibility index (Phi) is 2.22. The highest BCUT2D eigenvalue weighted by atomic mass is 32.2. The second kappa shape index (κ2) is 2.96. The van der Waals surface area contributed by atoms with Crippen molar-refractivity contribution in [2.24, 2.45) is 0 Å². The molecule has 1 heterocycles. The molecular formula is C5H9NO2S. The first-order chi connectivity index (χ1) is 4.30. The van der Waals surface area contributed by atoms with Gasteiger partial charge in [-0.15, -0.1) is 0 Å². The van der Waals surface area contributed by atoms with E-state index in [0.717, 1.165) is 11.5 Å². The summed E-state index contributed by atoms with van der Waals surface area (Å²) in [6, 6.07) is 0. The van der Waals surface area contributed by atoms with E-state index < -0.39 is 6.09 Å². The Bertz CT molecular complexity index is 112. The summed E-state index contributed by atoms with van der Waals surface area (Å²) >= 11 is 1.81. The third-order valence-electron chi connectivity index (χ3n) is 1.28. The van der Waals surface area contributed by atoms with Gasteiger partial charge < -0.3 is 10.0 Å². The maximum atomic E-state index is 10.3. The van der Waals surface area contributed by atoms with Crippen LogP contribution in [0, 0.1) is 0 Å². The molecule has 52 valence electrons. The summed E-state index contributed by atoms with van der Waals surface area (Å²) in [5.41, 5.74) is 0. The van der Waals surface area contributed by atoms with E-state index in [9.17, 15) is 4.79 Å². The zero-order valence-electron chi connectivity index (χ0n) is 5.04. The molecule has 1 rings (SSSR count). The molecule has 4 heteroatoms. The largest absolute Gasteiger partial charge is 0.465 e. The summed E-state index contributed by atoms with van der Waals surface area (Å²) in [7, 11) is 0. The van der Waals surface area contributed by atoms with Crippen LogP contribution in [0.25, 0.3) is 0 Å². The fourth-order valence-electron chi connectivity index (χ4n) is 0.755. The van der Waals surface area contributed by atoms with Gasteiger partial charge in [-0.2, -0.15) is 11.8 Å². The summed E-state index contributed by atoms with van der Waals surface area (Å²) in [5, 5.41) is 8.45. The summed E-state index contributed by atoms with van der Waals surface area (Å²) in [6.07, 6.45) is -0.782. The standard InChI is InChI=1S/C5H9NO2S/c7-5(8)6-1-3-9-4-2-6/h1-4H2,(H,7,8). The van der Waals surface area contributed by atoms with E-state index in [1.165, 1.54) is 4.90 Å². The molecule has 0 saturated carbocycles. The molecule has 0 unspecified atom stereocenters. The number of thioether (sulfide) groups is 1. The minimum absolute atomic E-state index is 0.694. The highest BCUT2D eigenvalue weighted by Gasteiger charge is 2.13. The predicted molar refractivity (Wildman–Crippen MR) is 36.9 cm³/mol. The van der Waals surface area contributed by atoms with Crippen molar-refractivity contribution in [2.75, 3.05) is 24.6 Å². The van der Waals surface area contributed by atoms with Gasteiger partial charge in [-0.05, 0) is 0 Å². The lowest BCUT2D eigenvalue weighted by Gasteiger charge is -2.22. The number of rotatable bonds is 0. The van der Waals surface area contributed by atoms with E-state index >= 15 is 0 Å². The van der Waals surface area contributed by atoms with Crippen molar-refractivity contribution < 1.29 is 9.90 Å². The van der Waals surface area contributed by atoms with Gasteiger partial charge in [0, 0.05) is 24.6 Å². The summed E-state index contributed by atoms with van der Waals surface area (Å²) in [6.45, 7) is 1.39. The van der Waals surface area contributed by atoms with Crippen LogP contribution in [0.15, 0.2) is 0 Å².